The molecule has 1 unspecified atom stereocenters. The van der Waals surface area contributed by atoms with Gasteiger partial charge in [-0.3, -0.25) is 0 Å². The first-order chi connectivity index (χ1) is 10.4. The maximum atomic E-state index is 5.78. The number of nitrogens with zero attached hydrogens (tertiary/aromatic N) is 2. The molecular formula is C18H22N2O. The molecule has 1 aliphatic heterocycles. The predicted molar refractivity (Wildman–Crippen MR) is 83.8 cm³/mol. The molecule has 1 aromatic carbocycles. The summed E-state index contributed by atoms with van der Waals surface area (Å²) in [7, 11) is 0. The number of aromatic nitrogens is 1. The average molecular weight is 282 g/mol. The van der Waals surface area contributed by atoms with Crippen LogP contribution in [0, 0.1) is 0 Å². The third-order valence-corrected chi connectivity index (χ3v) is 4.89. The quantitative estimate of drug-likeness (QED) is 0.829. The summed E-state index contributed by atoms with van der Waals surface area (Å²) in [6, 6.07) is 10.8. The molecule has 0 amide bonds. The predicted octanol–water partition coefficient (Wildman–Crippen LogP) is 4.13. The first kappa shape index (κ1) is 12.9. The second-order valence-corrected chi connectivity index (χ2v) is 6.25. The van der Waals surface area contributed by atoms with E-state index >= 15 is 0 Å². The van der Waals surface area contributed by atoms with Crippen molar-refractivity contribution in [2.24, 2.45) is 0 Å². The van der Waals surface area contributed by atoms with E-state index in [2.05, 4.69) is 40.4 Å². The fourth-order valence-electron chi connectivity index (χ4n) is 3.80. The summed E-state index contributed by atoms with van der Waals surface area (Å²) < 4.78 is 5.78. The summed E-state index contributed by atoms with van der Waals surface area (Å²) in [5, 5.41) is 4.47. The lowest BCUT2D eigenvalue weighted by Gasteiger charge is -2.28. The first-order valence-electron chi connectivity index (χ1n) is 8.22. The van der Waals surface area contributed by atoms with Crippen molar-refractivity contribution in [3.63, 3.8) is 0 Å². The largest absolute Gasteiger partial charge is 0.340 e. The topological polar surface area (TPSA) is 29.3 Å². The Balaban J connectivity index is 1.68. The molecule has 2 aromatic rings. The van der Waals surface area contributed by atoms with E-state index in [1.165, 1.54) is 48.9 Å². The lowest BCUT2D eigenvalue weighted by Crippen LogP contribution is -2.30. The smallest absolute Gasteiger partial charge is 0.230 e. The molecular weight excluding hydrogens is 260 g/mol. The van der Waals surface area contributed by atoms with E-state index in [0.29, 0.717) is 5.92 Å². The van der Waals surface area contributed by atoms with Crippen LogP contribution in [-0.4, -0.2) is 18.2 Å². The van der Waals surface area contributed by atoms with Gasteiger partial charge in [0.2, 0.25) is 5.88 Å². The standard InChI is InChI=1S/C18H22N2O/c1-3-8-14(9-4-1)15-10-7-11-16-17(15)19-21-18(16)20-12-5-2-6-13-20/h1,3-4,8-9,15H,2,5-7,10-13H2. The van der Waals surface area contributed by atoms with Crippen molar-refractivity contribution in [2.75, 3.05) is 18.0 Å². The Morgan fingerprint density at radius 3 is 2.62 bits per heavy atom. The van der Waals surface area contributed by atoms with Gasteiger partial charge in [-0.05, 0) is 44.1 Å². The molecule has 2 aliphatic rings. The first-order valence-corrected chi connectivity index (χ1v) is 8.22. The van der Waals surface area contributed by atoms with E-state index in [-0.39, 0.29) is 0 Å². The van der Waals surface area contributed by atoms with Crippen molar-refractivity contribution in [1.29, 1.82) is 0 Å². The molecule has 0 radical (unpaired) electrons. The number of benzene rings is 1. The van der Waals surface area contributed by atoms with Crippen LogP contribution in [0.15, 0.2) is 34.9 Å². The fraction of sp³-hybridized carbons (Fsp3) is 0.500. The van der Waals surface area contributed by atoms with Gasteiger partial charge in [-0.15, -0.1) is 0 Å². The molecule has 1 atom stereocenters. The summed E-state index contributed by atoms with van der Waals surface area (Å²) in [5.41, 5.74) is 3.93. The molecule has 1 aliphatic carbocycles. The number of fused-ring (bicyclic) bond motifs is 1. The van der Waals surface area contributed by atoms with Gasteiger partial charge in [-0.1, -0.05) is 35.5 Å². The van der Waals surface area contributed by atoms with Crippen LogP contribution in [0.5, 0.6) is 0 Å². The highest BCUT2D eigenvalue weighted by molar-refractivity contribution is 5.50. The average Bonchev–Trinajstić information content (AvgIpc) is 3.00. The highest BCUT2D eigenvalue weighted by Crippen LogP contribution is 2.40. The van der Waals surface area contributed by atoms with Crippen LogP contribution in [0.1, 0.15) is 54.8 Å². The van der Waals surface area contributed by atoms with Gasteiger partial charge in [0, 0.05) is 24.6 Å². The molecule has 1 fully saturated rings. The normalized spacial score (nSPS) is 22.1. The van der Waals surface area contributed by atoms with Crippen molar-refractivity contribution in [1.82, 2.24) is 5.16 Å². The van der Waals surface area contributed by atoms with Crippen LogP contribution in [0.2, 0.25) is 0 Å². The maximum Gasteiger partial charge on any atom is 0.230 e. The van der Waals surface area contributed by atoms with Gasteiger partial charge in [-0.25, -0.2) is 0 Å². The van der Waals surface area contributed by atoms with E-state index in [1.807, 2.05) is 0 Å². The fourth-order valence-corrected chi connectivity index (χ4v) is 3.80. The highest BCUT2D eigenvalue weighted by atomic mass is 16.5. The van der Waals surface area contributed by atoms with Crippen LogP contribution < -0.4 is 4.90 Å². The summed E-state index contributed by atoms with van der Waals surface area (Å²) >= 11 is 0. The zero-order valence-electron chi connectivity index (χ0n) is 12.4. The van der Waals surface area contributed by atoms with Gasteiger partial charge in [0.05, 0.1) is 5.69 Å². The lowest BCUT2D eigenvalue weighted by molar-refractivity contribution is 0.395. The van der Waals surface area contributed by atoms with Gasteiger partial charge < -0.3 is 9.42 Å². The van der Waals surface area contributed by atoms with Crippen LogP contribution in [-0.2, 0) is 6.42 Å². The SMILES string of the molecule is c1ccc(C2CCCc3c2noc3N2CCCCC2)cc1. The molecule has 3 nitrogen and oxygen atoms in total. The second kappa shape index (κ2) is 5.55. The Morgan fingerprint density at radius 2 is 1.81 bits per heavy atom. The Hall–Kier alpha value is -1.77. The summed E-state index contributed by atoms with van der Waals surface area (Å²) in [6.45, 7) is 2.25. The molecule has 21 heavy (non-hydrogen) atoms. The Kier molecular flexibility index (Phi) is 3.42. The lowest BCUT2D eigenvalue weighted by atomic mass is 9.83. The van der Waals surface area contributed by atoms with Crippen LogP contribution in [0.3, 0.4) is 0 Å². The third-order valence-electron chi connectivity index (χ3n) is 4.89. The van der Waals surface area contributed by atoms with Crippen LogP contribution in [0.4, 0.5) is 5.88 Å². The van der Waals surface area contributed by atoms with Crippen molar-refractivity contribution >= 4 is 5.88 Å². The van der Waals surface area contributed by atoms with E-state index in [9.17, 15) is 0 Å². The van der Waals surface area contributed by atoms with E-state index < -0.39 is 0 Å². The number of hydrogen-bond donors (Lipinski definition) is 0. The molecule has 3 heteroatoms. The minimum absolute atomic E-state index is 0.414. The van der Waals surface area contributed by atoms with Gasteiger partial charge in [0.1, 0.15) is 0 Å². The number of rotatable bonds is 2. The molecule has 110 valence electrons. The minimum atomic E-state index is 0.414. The molecule has 0 N–H and O–H groups in total. The van der Waals surface area contributed by atoms with E-state index in [4.69, 9.17) is 4.52 Å². The zero-order chi connectivity index (χ0) is 14.1. The molecule has 1 aromatic heterocycles. The number of hydrogen-bond acceptors (Lipinski definition) is 3. The zero-order valence-corrected chi connectivity index (χ0v) is 12.4. The molecule has 0 spiro atoms. The minimum Gasteiger partial charge on any atom is -0.340 e. The van der Waals surface area contributed by atoms with Crippen LogP contribution >= 0.6 is 0 Å². The number of anilines is 1. The summed E-state index contributed by atoms with van der Waals surface area (Å²) in [6.07, 6.45) is 7.43. The number of piperidine rings is 1. The maximum absolute atomic E-state index is 5.78. The highest BCUT2D eigenvalue weighted by Gasteiger charge is 2.30. The molecule has 4 rings (SSSR count). The van der Waals surface area contributed by atoms with Crippen LogP contribution in [0.25, 0.3) is 0 Å². The van der Waals surface area contributed by atoms with Crippen molar-refractivity contribution in [2.45, 2.75) is 44.4 Å². The Labute approximate surface area is 125 Å². The third kappa shape index (κ3) is 2.35. The van der Waals surface area contributed by atoms with Gasteiger partial charge in [0.15, 0.2) is 0 Å². The molecule has 2 heterocycles. The summed E-state index contributed by atoms with van der Waals surface area (Å²) in [5.74, 6) is 1.47. The van der Waals surface area contributed by atoms with Gasteiger partial charge in [-0.2, -0.15) is 0 Å². The van der Waals surface area contributed by atoms with Crippen molar-refractivity contribution in [3.05, 3.63) is 47.2 Å². The Morgan fingerprint density at radius 1 is 1.00 bits per heavy atom. The van der Waals surface area contributed by atoms with Gasteiger partial charge in [0.25, 0.3) is 0 Å². The van der Waals surface area contributed by atoms with E-state index in [1.54, 1.807) is 0 Å². The monoisotopic (exact) mass is 282 g/mol. The van der Waals surface area contributed by atoms with Crippen molar-refractivity contribution < 1.29 is 4.52 Å². The summed E-state index contributed by atoms with van der Waals surface area (Å²) in [4.78, 5) is 2.41. The van der Waals surface area contributed by atoms with Gasteiger partial charge >= 0.3 is 0 Å². The molecule has 0 bridgehead atoms. The molecule has 0 saturated carbocycles. The molecule has 1 saturated heterocycles. The Bertz CT molecular complexity index is 599. The second-order valence-electron chi connectivity index (χ2n) is 6.25. The van der Waals surface area contributed by atoms with E-state index in [0.717, 1.165) is 25.4 Å². The van der Waals surface area contributed by atoms with Crippen molar-refractivity contribution in [3.8, 4) is 0 Å².